The zero-order valence-electron chi connectivity index (χ0n) is 10.5. The molecule has 0 saturated carbocycles. The molecular weight excluding hydrogens is 298 g/mol. The summed E-state index contributed by atoms with van der Waals surface area (Å²) < 4.78 is 1.16. The molecule has 0 unspecified atom stereocenters. The van der Waals surface area contributed by atoms with E-state index in [2.05, 4.69) is 52.9 Å². The lowest BCUT2D eigenvalue weighted by Gasteiger charge is -2.39. The number of halogens is 2. The van der Waals surface area contributed by atoms with E-state index in [0.717, 1.165) is 17.6 Å². The van der Waals surface area contributed by atoms with Crippen molar-refractivity contribution < 1.29 is 0 Å². The Morgan fingerprint density at radius 3 is 2.76 bits per heavy atom. The second-order valence-corrected chi connectivity index (χ2v) is 6.73. The molecule has 3 heteroatoms. The van der Waals surface area contributed by atoms with Crippen molar-refractivity contribution in [1.29, 1.82) is 0 Å². The molecule has 94 valence electrons. The Morgan fingerprint density at radius 2 is 2.18 bits per heavy atom. The fourth-order valence-electron chi connectivity index (χ4n) is 2.52. The average molecular weight is 317 g/mol. The summed E-state index contributed by atoms with van der Waals surface area (Å²) >= 11 is 9.51. The number of benzene rings is 1. The highest BCUT2D eigenvalue weighted by Crippen LogP contribution is 2.35. The molecule has 0 atom stereocenters. The topological polar surface area (TPSA) is 3.24 Å². The van der Waals surface area contributed by atoms with E-state index in [9.17, 15) is 0 Å². The van der Waals surface area contributed by atoms with E-state index in [1.54, 1.807) is 0 Å². The molecular formula is C14H19BrClN. The summed E-state index contributed by atoms with van der Waals surface area (Å²) in [4.78, 5) is 2.48. The fraction of sp³-hybridized carbons (Fsp3) is 0.571. The van der Waals surface area contributed by atoms with Crippen LogP contribution in [0.15, 0.2) is 22.7 Å². The predicted molar refractivity (Wildman–Crippen MR) is 78.9 cm³/mol. The van der Waals surface area contributed by atoms with E-state index < -0.39 is 0 Å². The van der Waals surface area contributed by atoms with E-state index in [-0.39, 0.29) is 0 Å². The van der Waals surface area contributed by atoms with E-state index in [0.29, 0.717) is 11.3 Å². The van der Waals surface area contributed by atoms with Crippen molar-refractivity contribution in [2.75, 3.05) is 18.0 Å². The summed E-state index contributed by atoms with van der Waals surface area (Å²) in [6.45, 7) is 6.98. The SMILES string of the molecule is CC1(C)CCCN(c2ccc(CCl)cc2Br)C1. The highest BCUT2D eigenvalue weighted by atomic mass is 79.9. The first-order valence-corrected chi connectivity index (χ1v) is 7.44. The van der Waals surface area contributed by atoms with Crippen molar-refractivity contribution in [2.45, 2.75) is 32.6 Å². The van der Waals surface area contributed by atoms with Crippen LogP contribution in [0.3, 0.4) is 0 Å². The second kappa shape index (κ2) is 5.19. The van der Waals surface area contributed by atoms with Crippen molar-refractivity contribution >= 4 is 33.2 Å². The Morgan fingerprint density at radius 1 is 1.41 bits per heavy atom. The summed E-state index contributed by atoms with van der Waals surface area (Å²) in [5.41, 5.74) is 2.88. The minimum atomic E-state index is 0.419. The van der Waals surface area contributed by atoms with Crippen LogP contribution in [0.1, 0.15) is 32.3 Å². The van der Waals surface area contributed by atoms with E-state index in [1.165, 1.54) is 24.1 Å². The van der Waals surface area contributed by atoms with Gasteiger partial charge in [-0.05, 0) is 51.9 Å². The van der Waals surface area contributed by atoms with Crippen molar-refractivity contribution in [3.8, 4) is 0 Å². The molecule has 17 heavy (non-hydrogen) atoms. The number of hydrogen-bond donors (Lipinski definition) is 0. The zero-order valence-corrected chi connectivity index (χ0v) is 12.8. The van der Waals surface area contributed by atoms with Crippen molar-refractivity contribution in [2.24, 2.45) is 5.41 Å². The van der Waals surface area contributed by atoms with Gasteiger partial charge in [0.05, 0.1) is 5.69 Å². The summed E-state index contributed by atoms with van der Waals surface area (Å²) in [6.07, 6.45) is 2.59. The molecule has 0 bridgehead atoms. The van der Waals surface area contributed by atoms with Gasteiger partial charge in [0.15, 0.2) is 0 Å². The Labute approximate surface area is 117 Å². The highest BCUT2D eigenvalue weighted by Gasteiger charge is 2.27. The quantitative estimate of drug-likeness (QED) is 0.707. The van der Waals surface area contributed by atoms with Crippen LogP contribution in [0.2, 0.25) is 0 Å². The third-order valence-electron chi connectivity index (χ3n) is 3.41. The van der Waals surface area contributed by atoms with Gasteiger partial charge in [-0.15, -0.1) is 11.6 Å². The Kier molecular flexibility index (Phi) is 4.04. The minimum absolute atomic E-state index is 0.419. The molecule has 1 aromatic rings. The van der Waals surface area contributed by atoms with Gasteiger partial charge in [0.1, 0.15) is 0 Å². The summed E-state index contributed by atoms with van der Waals surface area (Å²) in [5.74, 6) is 0.574. The normalized spacial score (nSPS) is 19.4. The first-order valence-electron chi connectivity index (χ1n) is 6.11. The van der Waals surface area contributed by atoms with E-state index in [4.69, 9.17) is 11.6 Å². The minimum Gasteiger partial charge on any atom is -0.370 e. The monoisotopic (exact) mass is 315 g/mol. The number of rotatable bonds is 2. The van der Waals surface area contributed by atoms with Crippen LogP contribution in [0.4, 0.5) is 5.69 Å². The highest BCUT2D eigenvalue weighted by molar-refractivity contribution is 9.10. The van der Waals surface area contributed by atoms with Crippen LogP contribution in [0.5, 0.6) is 0 Å². The molecule has 1 nitrogen and oxygen atoms in total. The van der Waals surface area contributed by atoms with Crippen LogP contribution in [0.25, 0.3) is 0 Å². The molecule has 1 aromatic carbocycles. The summed E-state index contributed by atoms with van der Waals surface area (Å²) in [7, 11) is 0. The van der Waals surface area contributed by atoms with Gasteiger partial charge in [0.2, 0.25) is 0 Å². The maximum absolute atomic E-state index is 5.85. The number of piperidine rings is 1. The third kappa shape index (κ3) is 3.17. The largest absolute Gasteiger partial charge is 0.370 e. The Balaban J connectivity index is 2.22. The van der Waals surface area contributed by atoms with Gasteiger partial charge in [-0.25, -0.2) is 0 Å². The van der Waals surface area contributed by atoms with Crippen LogP contribution < -0.4 is 4.90 Å². The Hall–Kier alpha value is -0.210. The van der Waals surface area contributed by atoms with Gasteiger partial charge in [-0.2, -0.15) is 0 Å². The molecule has 1 aliphatic rings. The standard InChI is InChI=1S/C14H19BrClN/c1-14(2)6-3-7-17(10-14)13-5-4-11(9-16)8-12(13)15/h4-5,8H,3,6-7,9-10H2,1-2H3. The molecule has 1 saturated heterocycles. The molecule has 2 rings (SSSR count). The van der Waals surface area contributed by atoms with Crippen molar-refractivity contribution in [3.05, 3.63) is 28.2 Å². The molecule has 0 spiro atoms. The lowest BCUT2D eigenvalue weighted by atomic mass is 9.84. The molecule has 1 aliphatic heterocycles. The van der Waals surface area contributed by atoms with Gasteiger partial charge in [-0.1, -0.05) is 19.9 Å². The van der Waals surface area contributed by atoms with Crippen LogP contribution >= 0.6 is 27.5 Å². The van der Waals surface area contributed by atoms with Crippen molar-refractivity contribution in [1.82, 2.24) is 0 Å². The molecule has 0 N–H and O–H groups in total. The zero-order chi connectivity index (χ0) is 12.5. The molecule has 0 amide bonds. The molecule has 0 radical (unpaired) electrons. The summed E-state index contributed by atoms with van der Waals surface area (Å²) in [6, 6.07) is 6.43. The van der Waals surface area contributed by atoms with Gasteiger partial charge in [0.25, 0.3) is 0 Å². The lowest BCUT2D eigenvalue weighted by Crippen LogP contribution is -2.40. The molecule has 0 aromatic heterocycles. The number of hydrogen-bond acceptors (Lipinski definition) is 1. The van der Waals surface area contributed by atoms with Crippen LogP contribution in [-0.4, -0.2) is 13.1 Å². The van der Waals surface area contributed by atoms with E-state index >= 15 is 0 Å². The van der Waals surface area contributed by atoms with Gasteiger partial charge in [0, 0.05) is 23.4 Å². The van der Waals surface area contributed by atoms with Crippen LogP contribution in [0, 0.1) is 5.41 Å². The third-order valence-corrected chi connectivity index (χ3v) is 4.35. The van der Waals surface area contributed by atoms with Gasteiger partial charge < -0.3 is 4.90 Å². The lowest BCUT2D eigenvalue weighted by molar-refractivity contribution is 0.293. The van der Waals surface area contributed by atoms with Gasteiger partial charge in [-0.3, -0.25) is 0 Å². The number of nitrogens with zero attached hydrogens (tertiary/aromatic N) is 1. The molecule has 0 aliphatic carbocycles. The van der Waals surface area contributed by atoms with Gasteiger partial charge >= 0.3 is 0 Å². The number of anilines is 1. The van der Waals surface area contributed by atoms with Crippen LogP contribution in [-0.2, 0) is 5.88 Å². The maximum Gasteiger partial charge on any atom is 0.0511 e. The predicted octanol–water partition coefficient (Wildman–Crippen LogP) is 4.81. The molecule has 1 fully saturated rings. The van der Waals surface area contributed by atoms with E-state index in [1.807, 2.05) is 0 Å². The first kappa shape index (κ1) is 13.2. The maximum atomic E-state index is 5.85. The average Bonchev–Trinajstić information content (AvgIpc) is 2.27. The second-order valence-electron chi connectivity index (χ2n) is 5.61. The number of alkyl halides is 1. The Bertz CT molecular complexity index is 403. The first-order chi connectivity index (χ1) is 8.02. The fourth-order valence-corrected chi connectivity index (χ4v) is 3.36. The summed E-state index contributed by atoms with van der Waals surface area (Å²) in [5, 5.41) is 0. The smallest absolute Gasteiger partial charge is 0.0511 e. The molecule has 1 heterocycles. The van der Waals surface area contributed by atoms with Crippen molar-refractivity contribution in [3.63, 3.8) is 0 Å².